The third-order valence-electron chi connectivity index (χ3n) is 4.50. The molecule has 0 aromatic carbocycles. The van der Waals surface area contributed by atoms with Crippen molar-refractivity contribution in [2.75, 3.05) is 6.54 Å². The van der Waals surface area contributed by atoms with Crippen LogP contribution in [0.4, 0.5) is 0 Å². The number of amides is 1. The van der Waals surface area contributed by atoms with Gasteiger partial charge in [-0.1, -0.05) is 6.92 Å². The highest BCUT2D eigenvalue weighted by Gasteiger charge is 2.12. The largest absolute Gasteiger partial charge is 0.356 e. The van der Waals surface area contributed by atoms with Gasteiger partial charge in [-0.05, 0) is 51.7 Å². The Balaban J connectivity index is 1.77. The molecule has 1 amide bonds. The maximum absolute atomic E-state index is 12.1. The van der Waals surface area contributed by atoms with Crippen molar-refractivity contribution < 1.29 is 4.79 Å². The number of aryl methyl sites for hydroxylation is 4. The molecule has 2 heterocycles. The predicted octanol–water partition coefficient (Wildman–Crippen LogP) is 2.24. The molecule has 1 N–H and O–H groups in total. The number of hydrogen-bond donors (Lipinski definition) is 1. The molecule has 1 atom stereocenters. The summed E-state index contributed by atoms with van der Waals surface area (Å²) >= 11 is 0. The summed E-state index contributed by atoms with van der Waals surface area (Å²) in [5, 5.41) is 11.9. The maximum Gasteiger partial charge on any atom is 0.220 e. The molecule has 0 aliphatic carbocycles. The fourth-order valence-corrected chi connectivity index (χ4v) is 3.01. The molecule has 0 saturated carbocycles. The Kier molecular flexibility index (Phi) is 5.80. The van der Waals surface area contributed by atoms with Crippen molar-refractivity contribution in [3.8, 4) is 0 Å². The smallest absolute Gasteiger partial charge is 0.220 e. The SMILES string of the molecule is Cc1cc(C)n(CC(C)CNC(=O)CCc2c(C)nn(C)c2C)n1. The quantitative estimate of drug-likeness (QED) is 0.846. The molecule has 0 aliphatic heterocycles. The molecule has 132 valence electrons. The lowest BCUT2D eigenvalue weighted by molar-refractivity contribution is -0.121. The highest BCUT2D eigenvalue weighted by Crippen LogP contribution is 2.14. The minimum Gasteiger partial charge on any atom is -0.356 e. The van der Waals surface area contributed by atoms with Gasteiger partial charge in [-0.25, -0.2) is 0 Å². The van der Waals surface area contributed by atoms with E-state index in [1.54, 1.807) is 0 Å². The monoisotopic (exact) mass is 331 g/mol. The molecular weight excluding hydrogens is 302 g/mol. The Hall–Kier alpha value is -2.11. The van der Waals surface area contributed by atoms with Crippen LogP contribution in [0.25, 0.3) is 0 Å². The van der Waals surface area contributed by atoms with Gasteiger partial charge in [0.15, 0.2) is 0 Å². The van der Waals surface area contributed by atoms with Gasteiger partial charge in [0.2, 0.25) is 5.91 Å². The second-order valence-corrected chi connectivity index (χ2v) is 6.79. The van der Waals surface area contributed by atoms with Crippen LogP contribution in [-0.4, -0.2) is 32.0 Å². The van der Waals surface area contributed by atoms with Gasteiger partial charge >= 0.3 is 0 Å². The van der Waals surface area contributed by atoms with Crippen LogP contribution < -0.4 is 5.32 Å². The van der Waals surface area contributed by atoms with Crippen molar-refractivity contribution in [1.82, 2.24) is 24.9 Å². The number of carbonyl (C=O) groups is 1. The van der Waals surface area contributed by atoms with Gasteiger partial charge < -0.3 is 5.32 Å². The molecule has 1 unspecified atom stereocenters. The Morgan fingerprint density at radius 3 is 2.50 bits per heavy atom. The number of nitrogens with zero attached hydrogens (tertiary/aromatic N) is 4. The van der Waals surface area contributed by atoms with E-state index in [0.717, 1.165) is 35.7 Å². The van der Waals surface area contributed by atoms with Crippen molar-refractivity contribution in [2.24, 2.45) is 13.0 Å². The summed E-state index contributed by atoms with van der Waals surface area (Å²) in [6.07, 6.45) is 1.24. The fourth-order valence-electron chi connectivity index (χ4n) is 3.01. The van der Waals surface area contributed by atoms with Crippen molar-refractivity contribution in [1.29, 1.82) is 0 Å². The molecule has 0 aliphatic rings. The van der Waals surface area contributed by atoms with Crippen molar-refractivity contribution >= 4 is 5.91 Å². The Morgan fingerprint density at radius 1 is 1.25 bits per heavy atom. The molecule has 2 aromatic heterocycles. The van der Waals surface area contributed by atoms with E-state index in [0.29, 0.717) is 18.9 Å². The summed E-state index contributed by atoms with van der Waals surface area (Å²) in [6, 6.07) is 2.07. The normalized spacial score (nSPS) is 12.4. The van der Waals surface area contributed by atoms with Gasteiger partial charge in [0, 0.05) is 37.9 Å². The van der Waals surface area contributed by atoms with Crippen molar-refractivity contribution in [3.63, 3.8) is 0 Å². The van der Waals surface area contributed by atoms with E-state index in [1.165, 1.54) is 5.56 Å². The van der Waals surface area contributed by atoms with Crippen LogP contribution in [0.5, 0.6) is 0 Å². The van der Waals surface area contributed by atoms with Crippen LogP contribution in [-0.2, 0) is 24.8 Å². The van der Waals surface area contributed by atoms with E-state index in [4.69, 9.17) is 0 Å². The minimum atomic E-state index is 0.0953. The molecule has 2 aromatic rings. The van der Waals surface area contributed by atoms with Gasteiger partial charge in [-0.15, -0.1) is 0 Å². The zero-order valence-corrected chi connectivity index (χ0v) is 15.7. The maximum atomic E-state index is 12.1. The summed E-state index contributed by atoms with van der Waals surface area (Å²) in [5.74, 6) is 0.437. The zero-order chi connectivity index (χ0) is 17.9. The topological polar surface area (TPSA) is 64.7 Å². The highest BCUT2D eigenvalue weighted by atomic mass is 16.1. The van der Waals surface area contributed by atoms with Gasteiger partial charge in [0.25, 0.3) is 0 Å². The van der Waals surface area contributed by atoms with Crippen LogP contribution in [0.2, 0.25) is 0 Å². The zero-order valence-electron chi connectivity index (χ0n) is 15.7. The third kappa shape index (κ3) is 4.46. The lowest BCUT2D eigenvalue weighted by atomic mass is 10.1. The number of aromatic nitrogens is 4. The number of nitrogens with one attached hydrogen (secondary N) is 1. The van der Waals surface area contributed by atoms with Gasteiger partial charge in [0.1, 0.15) is 0 Å². The molecule has 2 rings (SSSR count). The molecule has 0 saturated heterocycles. The second kappa shape index (κ2) is 7.64. The van der Waals surface area contributed by atoms with Gasteiger partial charge in [-0.2, -0.15) is 10.2 Å². The van der Waals surface area contributed by atoms with Crippen LogP contribution in [0, 0.1) is 33.6 Å². The Labute approximate surface area is 144 Å². The van der Waals surface area contributed by atoms with Crippen LogP contribution >= 0.6 is 0 Å². The second-order valence-electron chi connectivity index (χ2n) is 6.79. The predicted molar refractivity (Wildman–Crippen MR) is 94.9 cm³/mol. The minimum absolute atomic E-state index is 0.0953. The van der Waals surface area contributed by atoms with E-state index < -0.39 is 0 Å². The molecule has 0 bridgehead atoms. The molecule has 6 nitrogen and oxygen atoms in total. The van der Waals surface area contributed by atoms with E-state index in [-0.39, 0.29) is 5.91 Å². The number of hydrogen-bond acceptors (Lipinski definition) is 3. The molecule has 24 heavy (non-hydrogen) atoms. The van der Waals surface area contributed by atoms with Crippen LogP contribution in [0.3, 0.4) is 0 Å². The van der Waals surface area contributed by atoms with E-state index >= 15 is 0 Å². The van der Waals surface area contributed by atoms with Gasteiger partial charge in [0.05, 0.1) is 11.4 Å². The fraction of sp³-hybridized carbons (Fsp3) is 0.611. The lowest BCUT2D eigenvalue weighted by Crippen LogP contribution is -2.30. The van der Waals surface area contributed by atoms with E-state index in [1.807, 2.05) is 37.2 Å². The summed E-state index contributed by atoms with van der Waals surface area (Å²) in [5.41, 5.74) is 5.53. The number of rotatable bonds is 7. The Morgan fingerprint density at radius 2 is 1.96 bits per heavy atom. The molecule has 6 heteroatoms. The summed E-state index contributed by atoms with van der Waals surface area (Å²) in [6.45, 7) is 11.7. The molecule has 0 fully saturated rings. The van der Waals surface area contributed by atoms with Crippen molar-refractivity contribution in [2.45, 2.75) is 54.0 Å². The average Bonchev–Trinajstić information content (AvgIpc) is 2.94. The first-order chi connectivity index (χ1) is 11.3. The first-order valence-electron chi connectivity index (χ1n) is 8.54. The standard InChI is InChI=1S/C18H29N5O/c1-12(11-23-14(3)9-13(2)20-23)10-19-18(24)8-7-17-15(4)21-22(6)16(17)5/h9,12H,7-8,10-11H2,1-6H3,(H,19,24). The van der Waals surface area contributed by atoms with Crippen molar-refractivity contribution in [3.05, 3.63) is 34.4 Å². The lowest BCUT2D eigenvalue weighted by Gasteiger charge is -2.14. The first kappa shape index (κ1) is 18.2. The first-order valence-corrected chi connectivity index (χ1v) is 8.54. The molecular formula is C18H29N5O. The average molecular weight is 331 g/mol. The Bertz CT molecular complexity index is 713. The van der Waals surface area contributed by atoms with Crippen LogP contribution in [0.1, 0.15) is 41.7 Å². The summed E-state index contributed by atoms with van der Waals surface area (Å²) in [4.78, 5) is 12.1. The highest BCUT2D eigenvalue weighted by molar-refractivity contribution is 5.76. The molecule has 0 radical (unpaired) electrons. The van der Waals surface area contributed by atoms with Crippen LogP contribution in [0.15, 0.2) is 6.07 Å². The summed E-state index contributed by atoms with van der Waals surface area (Å²) < 4.78 is 3.88. The molecule has 0 spiro atoms. The summed E-state index contributed by atoms with van der Waals surface area (Å²) in [7, 11) is 1.94. The number of carbonyl (C=O) groups excluding carboxylic acids is 1. The van der Waals surface area contributed by atoms with E-state index in [2.05, 4.69) is 35.4 Å². The third-order valence-corrected chi connectivity index (χ3v) is 4.50. The van der Waals surface area contributed by atoms with E-state index in [9.17, 15) is 4.79 Å². The van der Waals surface area contributed by atoms with Gasteiger partial charge in [-0.3, -0.25) is 14.2 Å².